The van der Waals surface area contributed by atoms with Crippen molar-refractivity contribution in [2.24, 2.45) is 7.05 Å². The third kappa shape index (κ3) is 4.13. The van der Waals surface area contributed by atoms with Gasteiger partial charge in [0.1, 0.15) is 12.3 Å². The molecule has 0 unspecified atom stereocenters. The van der Waals surface area contributed by atoms with E-state index in [0.29, 0.717) is 11.3 Å². The number of halogens is 1. The molecule has 0 atom stereocenters. The first-order valence-electron chi connectivity index (χ1n) is 7.67. The molecule has 0 spiro atoms. The Kier molecular flexibility index (Phi) is 5.96. The predicted octanol–water partition coefficient (Wildman–Crippen LogP) is 2.45. The number of aryl methyl sites for hydroxylation is 2. The van der Waals surface area contributed by atoms with Gasteiger partial charge in [-0.05, 0) is 25.5 Å². The Morgan fingerprint density at radius 2 is 2.25 bits per heavy atom. The van der Waals surface area contributed by atoms with Crippen molar-refractivity contribution in [3.8, 4) is 17.6 Å². The molecule has 1 aromatic carbocycles. The summed E-state index contributed by atoms with van der Waals surface area (Å²) in [5, 5.41) is 6.93. The fourth-order valence-electron chi connectivity index (χ4n) is 2.17. The van der Waals surface area contributed by atoms with Crippen molar-refractivity contribution in [1.82, 2.24) is 15.1 Å². The van der Waals surface area contributed by atoms with Crippen molar-refractivity contribution in [3.05, 3.63) is 47.0 Å². The molecule has 0 bridgehead atoms. The largest absolute Gasteiger partial charge is 0.478 e. The Labute approximate surface area is 140 Å². The molecule has 0 saturated heterocycles. The van der Waals surface area contributed by atoms with E-state index in [9.17, 15) is 9.18 Å². The summed E-state index contributed by atoms with van der Waals surface area (Å²) in [6.07, 6.45) is 0.746. The van der Waals surface area contributed by atoms with Gasteiger partial charge < -0.3 is 10.1 Å². The first-order valence-corrected chi connectivity index (χ1v) is 7.67. The standard InChI is InChI=1S/C18H20FN3O2/c1-4-6-10-24-16-9-7-8-13(17(16)19)12-20-18(23)15-11-14(5-2)21-22(15)3/h7-9,11H,5,10,12H2,1-3H3,(H,20,23). The maximum Gasteiger partial charge on any atom is 0.269 e. The highest BCUT2D eigenvalue weighted by molar-refractivity contribution is 5.92. The van der Waals surface area contributed by atoms with E-state index in [1.807, 2.05) is 6.92 Å². The highest BCUT2D eigenvalue weighted by Gasteiger charge is 2.14. The lowest BCUT2D eigenvalue weighted by Crippen LogP contribution is -2.25. The molecule has 6 heteroatoms. The zero-order valence-corrected chi connectivity index (χ0v) is 14.0. The molecular weight excluding hydrogens is 309 g/mol. The molecule has 0 radical (unpaired) electrons. The number of benzene rings is 1. The molecule has 0 aliphatic rings. The fourth-order valence-corrected chi connectivity index (χ4v) is 2.17. The molecule has 5 nitrogen and oxygen atoms in total. The van der Waals surface area contributed by atoms with Crippen LogP contribution >= 0.6 is 0 Å². The zero-order valence-electron chi connectivity index (χ0n) is 14.0. The van der Waals surface area contributed by atoms with Crippen molar-refractivity contribution >= 4 is 5.91 Å². The number of hydrogen-bond donors (Lipinski definition) is 1. The molecular formula is C18H20FN3O2. The van der Waals surface area contributed by atoms with Gasteiger partial charge in [0.25, 0.3) is 5.91 Å². The summed E-state index contributed by atoms with van der Waals surface area (Å²) in [6, 6.07) is 6.55. The molecule has 0 saturated carbocycles. The first-order chi connectivity index (χ1) is 11.6. The molecule has 2 aromatic rings. The summed E-state index contributed by atoms with van der Waals surface area (Å²) in [7, 11) is 1.71. The highest BCUT2D eigenvalue weighted by Crippen LogP contribution is 2.20. The molecule has 0 aliphatic heterocycles. The number of carbonyl (C=O) groups excluding carboxylic acids is 1. The van der Waals surface area contributed by atoms with Gasteiger partial charge in [-0.25, -0.2) is 4.39 Å². The molecule has 1 N–H and O–H groups in total. The molecule has 1 aromatic heterocycles. The van der Waals surface area contributed by atoms with Crippen molar-refractivity contribution in [2.75, 3.05) is 6.61 Å². The number of nitrogens with one attached hydrogen (secondary N) is 1. The zero-order chi connectivity index (χ0) is 17.5. The highest BCUT2D eigenvalue weighted by atomic mass is 19.1. The molecule has 0 aliphatic carbocycles. The Morgan fingerprint density at radius 1 is 1.46 bits per heavy atom. The number of carbonyl (C=O) groups is 1. The van der Waals surface area contributed by atoms with E-state index >= 15 is 0 Å². The van der Waals surface area contributed by atoms with Crippen molar-refractivity contribution in [3.63, 3.8) is 0 Å². The Balaban J connectivity index is 2.05. The minimum absolute atomic E-state index is 0.0635. The van der Waals surface area contributed by atoms with Crippen molar-refractivity contribution < 1.29 is 13.9 Å². The monoisotopic (exact) mass is 329 g/mol. The summed E-state index contributed by atoms with van der Waals surface area (Å²) in [4.78, 5) is 12.2. The average molecular weight is 329 g/mol. The minimum Gasteiger partial charge on any atom is -0.478 e. The van der Waals surface area contributed by atoms with Gasteiger partial charge in [-0.1, -0.05) is 25.0 Å². The summed E-state index contributed by atoms with van der Waals surface area (Å²) >= 11 is 0. The van der Waals surface area contributed by atoms with Crippen molar-refractivity contribution in [2.45, 2.75) is 26.8 Å². The van der Waals surface area contributed by atoms with Gasteiger partial charge in [-0.15, -0.1) is 5.92 Å². The van der Waals surface area contributed by atoms with Crippen LogP contribution in [0.2, 0.25) is 0 Å². The van der Waals surface area contributed by atoms with E-state index in [1.165, 1.54) is 10.7 Å². The molecule has 126 valence electrons. The van der Waals surface area contributed by atoms with E-state index in [0.717, 1.165) is 12.1 Å². The molecule has 1 heterocycles. The van der Waals surface area contributed by atoms with E-state index in [1.54, 1.807) is 32.2 Å². The van der Waals surface area contributed by atoms with Crippen LogP contribution in [0.5, 0.6) is 5.75 Å². The quantitative estimate of drug-likeness (QED) is 0.828. The summed E-state index contributed by atoms with van der Waals surface area (Å²) in [5.74, 6) is 4.72. The van der Waals surface area contributed by atoms with Crippen LogP contribution < -0.4 is 10.1 Å². The predicted molar refractivity (Wildman–Crippen MR) is 89.1 cm³/mol. The van der Waals surface area contributed by atoms with Gasteiger partial charge >= 0.3 is 0 Å². The van der Waals surface area contributed by atoms with Crippen LogP contribution in [0.15, 0.2) is 24.3 Å². The first kappa shape index (κ1) is 17.5. The lowest BCUT2D eigenvalue weighted by Gasteiger charge is -2.09. The van der Waals surface area contributed by atoms with Gasteiger partial charge in [0.15, 0.2) is 11.6 Å². The van der Waals surface area contributed by atoms with E-state index in [2.05, 4.69) is 22.3 Å². The van der Waals surface area contributed by atoms with Gasteiger partial charge in [0.05, 0.1) is 5.69 Å². The summed E-state index contributed by atoms with van der Waals surface area (Å²) < 4.78 is 21.1. The number of ether oxygens (including phenoxy) is 1. The van der Waals surface area contributed by atoms with Crippen LogP contribution in [0.3, 0.4) is 0 Å². The van der Waals surface area contributed by atoms with Gasteiger partial charge in [-0.2, -0.15) is 5.10 Å². The van der Waals surface area contributed by atoms with Crippen LogP contribution in [0.4, 0.5) is 4.39 Å². The molecule has 0 fully saturated rings. The smallest absolute Gasteiger partial charge is 0.269 e. The molecule has 1 amide bonds. The molecule has 24 heavy (non-hydrogen) atoms. The normalized spacial score (nSPS) is 10.0. The van der Waals surface area contributed by atoms with Crippen LogP contribution in [-0.4, -0.2) is 22.3 Å². The van der Waals surface area contributed by atoms with Crippen LogP contribution in [0, 0.1) is 17.7 Å². The summed E-state index contributed by atoms with van der Waals surface area (Å²) in [6.45, 7) is 3.84. The second-order valence-corrected chi connectivity index (χ2v) is 5.13. The molecule has 2 rings (SSSR count). The van der Waals surface area contributed by atoms with Crippen LogP contribution in [0.1, 0.15) is 35.6 Å². The maximum atomic E-state index is 14.3. The lowest BCUT2D eigenvalue weighted by molar-refractivity contribution is 0.0941. The van der Waals surface area contributed by atoms with E-state index in [-0.39, 0.29) is 24.8 Å². The Bertz CT molecular complexity index is 787. The van der Waals surface area contributed by atoms with Crippen LogP contribution in [0.25, 0.3) is 0 Å². The second-order valence-electron chi connectivity index (χ2n) is 5.13. The lowest BCUT2D eigenvalue weighted by atomic mass is 10.2. The third-order valence-electron chi connectivity index (χ3n) is 3.48. The van der Waals surface area contributed by atoms with Crippen LogP contribution in [-0.2, 0) is 20.0 Å². The topological polar surface area (TPSA) is 56.1 Å². The van der Waals surface area contributed by atoms with E-state index < -0.39 is 5.82 Å². The van der Waals surface area contributed by atoms with E-state index in [4.69, 9.17) is 4.74 Å². The maximum absolute atomic E-state index is 14.3. The number of rotatable bonds is 6. The van der Waals surface area contributed by atoms with Gasteiger partial charge in [0, 0.05) is 19.2 Å². The minimum atomic E-state index is -0.491. The number of amides is 1. The third-order valence-corrected chi connectivity index (χ3v) is 3.48. The Hall–Kier alpha value is -2.81. The van der Waals surface area contributed by atoms with Gasteiger partial charge in [-0.3, -0.25) is 9.48 Å². The number of aromatic nitrogens is 2. The summed E-state index contributed by atoms with van der Waals surface area (Å²) in [5.41, 5.74) is 1.63. The van der Waals surface area contributed by atoms with Gasteiger partial charge in [0.2, 0.25) is 0 Å². The Morgan fingerprint density at radius 3 is 2.92 bits per heavy atom. The average Bonchev–Trinajstić information content (AvgIpc) is 2.96. The number of nitrogens with zero attached hydrogens (tertiary/aromatic N) is 2. The SMILES string of the molecule is CC#CCOc1cccc(CNC(=O)c2cc(CC)nn2C)c1F. The van der Waals surface area contributed by atoms with Crippen molar-refractivity contribution in [1.29, 1.82) is 0 Å². The number of hydrogen-bond acceptors (Lipinski definition) is 3. The second kappa shape index (κ2) is 8.16. The fraction of sp³-hybridized carbons (Fsp3) is 0.333.